The van der Waals surface area contributed by atoms with Crippen molar-refractivity contribution in [3.05, 3.63) is 71.2 Å². The van der Waals surface area contributed by atoms with Gasteiger partial charge in [-0.1, -0.05) is 6.08 Å². The number of nitrogens with one attached hydrogen (secondary N) is 2. The van der Waals surface area contributed by atoms with Gasteiger partial charge in [-0.3, -0.25) is 15.2 Å². The molecule has 3 saturated heterocycles. The first kappa shape index (κ1) is 28.5. The second-order valence-corrected chi connectivity index (χ2v) is 12.8. The van der Waals surface area contributed by atoms with E-state index >= 15 is 4.39 Å². The van der Waals surface area contributed by atoms with Crippen LogP contribution in [0.25, 0.3) is 27.7 Å². The first-order valence-corrected chi connectivity index (χ1v) is 15.6. The fourth-order valence-electron chi connectivity index (χ4n) is 7.00. The van der Waals surface area contributed by atoms with Gasteiger partial charge in [0.2, 0.25) is 0 Å². The quantitative estimate of drug-likeness (QED) is 0.323. The summed E-state index contributed by atoms with van der Waals surface area (Å²) in [6.45, 7) is 7.29. The summed E-state index contributed by atoms with van der Waals surface area (Å²) in [6, 6.07) is 5.84. The van der Waals surface area contributed by atoms with Crippen molar-refractivity contribution < 1.29 is 13.2 Å². The monoisotopic (exact) mass is 615 g/mol. The first-order valence-electron chi connectivity index (χ1n) is 15.6. The number of hydrogen-bond acceptors (Lipinski definition) is 8. The van der Waals surface area contributed by atoms with E-state index < -0.39 is 5.92 Å². The van der Waals surface area contributed by atoms with Crippen molar-refractivity contribution in [2.75, 3.05) is 69.2 Å². The molecular weight excluding hydrogens is 579 g/mol. The third kappa shape index (κ3) is 5.24. The Labute approximate surface area is 259 Å². The molecule has 12 heteroatoms. The number of aromatic nitrogens is 4. The first-order chi connectivity index (χ1) is 21.7. The molecule has 0 radical (unpaired) electrons. The van der Waals surface area contributed by atoms with E-state index in [-0.39, 0.29) is 24.9 Å². The van der Waals surface area contributed by atoms with Crippen LogP contribution >= 0.6 is 0 Å². The van der Waals surface area contributed by atoms with E-state index in [4.69, 9.17) is 9.97 Å². The van der Waals surface area contributed by atoms with Crippen LogP contribution in [-0.2, 0) is 6.54 Å². The molecule has 2 N–H and O–H groups in total. The number of anilines is 2. The molecule has 4 aliphatic rings. The molecule has 4 aliphatic heterocycles. The predicted octanol–water partition coefficient (Wildman–Crippen LogP) is 4.24. The average Bonchev–Trinajstić information content (AvgIpc) is 3.48. The summed E-state index contributed by atoms with van der Waals surface area (Å²) in [5.41, 5.74) is 6.29. The molecule has 0 saturated carbocycles. The molecule has 0 spiro atoms. The molecule has 0 bridgehead atoms. The van der Waals surface area contributed by atoms with Crippen LogP contribution in [0.5, 0.6) is 0 Å². The molecule has 1 atom stereocenters. The number of nitrogens with zero attached hydrogens (tertiary/aromatic N) is 7. The molecule has 3 fully saturated rings. The summed E-state index contributed by atoms with van der Waals surface area (Å²) in [6.07, 6.45) is 7.15. The molecule has 1 unspecified atom stereocenters. The Balaban J connectivity index is 1.21. The summed E-state index contributed by atoms with van der Waals surface area (Å²) >= 11 is 0. The number of H-pyrrole nitrogens is 1. The number of pyridine rings is 2. The Bertz CT molecular complexity index is 1810. The number of rotatable bonds is 5. The van der Waals surface area contributed by atoms with Crippen molar-refractivity contribution in [3.8, 4) is 11.1 Å². The zero-order chi connectivity index (χ0) is 30.9. The fourth-order valence-corrected chi connectivity index (χ4v) is 7.00. The highest BCUT2D eigenvalue weighted by Gasteiger charge is 2.40. The Morgan fingerprint density at radius 3 is 2.71 bits per heavy atom. The average molecular weight is 616 g/mol. The Hall–Kier alpha value is -4.00. The Kier molecular flexibility index (Phi) is 6.84. The van der Waals surface area contributed by atoms with Gasteiger partial charge >= 0.3 is 0 Å². The number of piperazine rings is 1. The molecule has 7 heterocycles. The van der Waals surface area contributed by atoms with Crippen molar-refractivity contribution in [2.45, 2.75) is 32.0 Å². The predicted molar refractivity (Wildman–Crippen MR) is 169 cm³/mol. The van der Waals surface area contributed by atoms with Crippen LogP contribution < -0.4 is 15.1 Å². The standard InChI is InChI=1S/C33H36F3N9/c1-20-13-25-28(29(34)27(20)22-14-21(15-37-16-22)17-43-8-5-33(35,36)19-43)23(3-6-38-26-18-45(25)26)31-40-24-4-7-39-32(30(24)41-31)44-11-9-42(2)10-12-44/h3-4,7,13-16,26,38H,5-6,8-12,17-19H2,1-2H3,(H,40,41)/b23-3+. The maximum absolute atomic E-state index is 17.1. The molecule has 4 aromatic rings. The van der Waals surface area contributed by atoms with Gasteiger partial charge in [0.1, 0.15) is 17.2 Å². The third-order valence-corrected chi connectivity index (χ3v) is 9.47. The molecule has 1 aromatic carbocycles. The van der Waals surface area contributed by atoms with Gasteiger partial charge in [-0.15, -0.1) is 0 Å². The normalized spacial score (nSPS) is 23.0. The van der Waals surface area contributed by atoms with E-state index in [1.807, 2.05) is 31.2 Å². The Morgan fingerprint density at radius 1 is 1.07 bits per heavy atom. The van der Waals surface area contributed by atoms with Crippen molar-refractivity contribution >= 4 is 28.1 Å². The summed E-state index contributed by atoms with van der Waals surface area (Å²) in [4.78, 5) is 26.1. The van der Waals surface area contributed by atoms with Gasteiger partial charge in [-0.2, -0.15) is 0 Å². The van der Waals surface area contributed by atoms with E-state index in [2.05, 4.69) is 37.0 Å². The molecule has 0 aliphatic carbocycles. The maximum Gasteiger partial charge on any atom is 0.261 e. The number of alkyl halides is 2. The van der Waals surface area contributed by atoms with Crippen molar-refractivity contribution in [3.63, 3.8) is 0 Å². The van der Waals surface area contributed by atoms with E-state index in [0.29, 0.717) is 47.7 Å². The van der Waals surface area contributed by atoms with E-state index in [1.54, 1.807) is 23.5 Å². The van der Waals surface area contributed by atoms with E-state index in [9.17, 15) is 8.78 Å². The summed E-state index contributed by atoms with van der Waals surface area (Å²) in [5.74, 6) is -1.59. The maximum atomic E-state index is 17.1. The van der Waals surface area contributed by atoms with Crippen LogP contribution in [-0.4, -0.2) is 101 Å². The fraction of sp³-hybridized carbons (Fsp3) is 0.424. The number of aryl methyl sites for hydroxylation is 1. The van der Waals surface area contributed by atoms with Gasteiger partial charge in [0.25, 0.3) is 5.92 Å². The largest absolute Gasteiger partial charge is 0.352 e. The van der Waals surface area contributed by atoms with Gasteiger partial charge in [-0.25, -0.2) is 23.1 Å². The van der Waals surface area contributed by atoms with Gasteiger partial charge in [0.05, 0.1) is 24.8 Å². The van der Waals surface area contributed by atoms with Crippen LogP contribution in [0.3, 0.4) is 0 Å². The highest BCUT2D eigenvalue weighted by Crippen LogP contribution is 2.44. The van der Waals surface area contributed by atoms with Crippen LogP contribution in [0.2, 0.25) is 0 Å². The van der Waals surface area contributed by atoms with Gasteiger partial charge in [0.15, 0.2) is 5.82 Å². The topological polar surface area (TPSA) is 79.2 Å². The van der Waals surface area contributed by atoms with Crippen molar-refractivity contribution in [1.29, 1.82) is 0 Å². The van der Waals surface area contributed by atoms with Crippen LogP contribution in [0.4, 0.5) is 24.7 Å². The van der Waals surface area contributed by atoms with E-state index in [0.717, 1.165) is 66.4 Å². The van der Waals surface area contributed by atoms with Gasteiger partial charge in [0, 0.05) is 98.8 Å². The molecule has 45 heavy (non-hydrogen) atoms. The lowest BCUT2D eigenvalue weighted by Crippen LogP contribution is -2.44. The number of benzene rings is 1. The van der Waals surface area contributed by atoms with Crippen LogP contribution in [0.15, 0.2) is 42.9 Å². The zero-order valence-electron chi connectivity index (χ0n) is 25.5. The Morgan fingerprint density at radius 2 is 1.91 bits per heavy atom. The molecule has 9 nitrogen and oxygen atoms in total. The van der Waals surface area contributed by atoms with Gasteiger partial charge in [-0.05, 0) is 43.3 Å². The molecule has 0 amide bonds. The van der Waals surface area contributed by atoms with Crippen LogP contribution in [0.1, 0.15) is 28.9 Å². The molecule has 234 valence electrons. The van der Waals surface area contributed by atoms with E-state index in [1.165, 1.54) is 0 Å². The minimum Gasteiger partial charge on any atom is -0.352 e. The minimum absolute atomic E-state index is 0.144. The third-order valence-electron chi connectivity index (χ3n) is 9.47. The summed E-state index contributed by atoms with van der Waals surface area (Å²) in [7, 11) is 2.12. The highest BCUT2D eigenvalue weighted by molar-refractivity contribution is 5.94. The molecular formula is C33H36F3N9. The lowest BCUT2D eigenvalue weighted by Gasteiger charge is -2.33. The molecule has 3 aromatic heterocycles. The number of aromatic amines is 1. The number of likely N-dealkylation sites (N-methyl/N-ethyl adjacent to an activating group) is 1. The minimum atomic E-state index is -2.67. The molecule has 8 rings (SSSR count). The lowest BCUT2D eigenvalue weighted by atomic mass is 9.91. The lowest BCUT2D eigenvalue weighted by molar-refractivity contribution is 0.0115. The zero-order valence-corrected chi connectivity index (χ0v) is 25.5. The number of fused-ring (bicyclic) bond motifs is 4. The second kappa shape index (κ2) is 10.8. The number of hydrogen-bond donors (Lipinski definition) is 2. The highest BCUT2D eigenvalue weighted by atomic mass is 19.3. The number of likely N-dealkylation sites (tertiary alicyclic amines) is 1. The van der Waals surface area contributed by atoms with Crippen molar-refractivity contribution in [2.24, 2.45) is 0 Å². The van der Waals surface area contributed by atoms with Gasteiger partial charge < -0.3 is 19.7 Å². The van der Waals surface area contributed by atoms with Crippen LogP contribution in [0, 0.1) is 12.7 Å². The summed E-state index contributed by atoms with van der Waals surface area (Å²) in [5, 5.41) is 3.53. The second-order valence-electron chi connectivity index (χ2n) is 12.8. The summed E-state index contributed by atoms with van der Waals surface area (Å²) < 4.78 is 44.8. The number of halogens is 3. The van der Waals surface area contributed by atoms with Crippen molar-refractivity contribution in [1.82, 2.24) is 35.1 Å². The number of imidazole rings is 1. The smallest absolute Gasteiger partial charge is 0.261 e. The SMILES string of the molecule is Cc1cc2c(c(F)c1-c1cncc(CN3CCC(F)(F)C3)c1)/C(c1nc3c(N4CCN(C)CC4)nccc3[nH]1)=C\CNC1CN21.